The molecule has 26 heavy (non-hydrogen) atoms. The minimum absolute atomic E-state index is 0.00965. The summed E-state index contributed by atoms with van der Waals surface area (Å²) in [5, 5.41) is 1.66. The zero-order valence-corrected chi connectivity index (χ0v) is 15.4. The first-order valence-corrected chi connectivity index (χ1v) is 9.75. The quantitative estimate of drug-likeness (QED) is 0.702. The molecule has 3 rings (SSSR count). The summed E-state index contributed by atoms with van der Waals surface area (Å²) < 4.78 is 59.2. The van der Waals surface area contributed by atoms with E-state index in [1.54, 1.807) is 24.4 Å². The van der Waals surface area contributed by atoms with Gasteiger partial charge in [0, 0.05) is 10.9 Å². The van der Waals surface area contributed by atoms with Gasteiger partial charge >= 0.3 is 0 Å². The number of aromatic nitrogens is 1. The highest BCUT2D eigenvalue weighted by molar-refractivity contribution is 7.93. The minimum atomic E-state index is -3.92. The smallest absolute Gasteiger partial charge is 0.267 e. The van der Waals surface area contributed by atoms with Crippen molar-refractivity contribution < 1.29 is 21.9 Å². The number of nitrogens with zero attached hydrogens (tertiary/aromatic N) is 1. The summed E-state index contributed by atoms with van der Waals surface area (Å²) in [5.41, 5.74) is 1.44. The van der Waals surface area contributed by atoms with E-state index in [4.69, 9.17) is 4.74 Å². The van der Waals surface area contributed by atoms with Crippen LogP contribution in [-0.4, -0.2) is 20.5 Å². The number of rotatable bonds is 5. The van der Waals surface area contributed by atoms with Crippen LogP contribution in [0.4, 0.5) is 13.9 Å². The van der Waals surface area contributed by atoms with Gasteiger partial charge in [0.2, 0.25) is 0 Å². The molecule has 0 fully saturated rings. The summed E-state index contributed by atoms with van der Waals surface area (Å²) in [7, 11) is -2.54. The van der Waals surface area contributed by atoms with E-state index >= 15 is 0 Å². The summed E-state index contributed by atoms with van der Waals surface area (Å²) in [5.74, 6) is -1.75. The van der Waals surface area contributed by atoms with Gasteiger partial charge in [-0.15, -0.1) is 11.3 Å². The fourth-order valence-electron chi connectivity index (χ4n) is 2.27. The van der Waals surface area contributed by atoms with Crippen LogP contribution in [-0.2, 0) is 10.0 Å². The fourth-order valence-corrected chi connectivity index (χ4v) is 4.50. The van der Waals surface area contributed by atoms with Gasteiger partial charge < -0.3 is 4.74 Å². The van der Waals surface area contributed by atoms with Crippen LogP contribution in [0.25, 0.3) is 11.3 Å². The summed E-state index contributed by atoms with van der Waals surface area (Å²) >= 11 is 1.04. The number of aryl methyl sites for hydroxylation is 1. The first-order chi connectivity index (χ1) is 12.3. The minimum Gasteiger partial charge on any atom is -0.495 e. The van der Waals surface area contributed by atoms with E-state index in [1.165, 1.54) is 19.2 Å². The Hall–Kier alpha value is -2.52. The Labute approximate surface area is 153 Å². The lowest BCUT2D eigenvalue weighted by Crippen LogP contribution is -2.14. The topological polar surface area (TPSA) is 68.3 Å². The number of sulfonamides is 1. The van der Waals surface area contributed by atoms with Crippen molar-refractivity contribution in [1.29, 1.82) is 0 Å². The van der Waals surface area contributed by atoms with Crippen LogP contribution in [0.5, 0.6) is 5.75 Å². The molecule has 0 atom stereocenters. The maximum atomic E-state index is 13.4. The van der Waals surface area contributed by atoms with Crippen molar-refractivity contribution >= 4 is 26.5 Å². The lowest BCUT2D eigenvalue weighted by atomic mass is 10.2. The lowest BCUT2D eigenvalue weighted by Gasteiger charge is -2.10. The van der Waals surface area contributed by atoms with E-state index < -0.39 is 21.7 Å². The molecular weight excluding hydrogens is 382 g/mol. The van der Waals surface area contributed by atoms with Crippen molar-refractivity contribution in [3.8, 4) is 17.0 Å². The normalized spacial score (nSPS) is 11.4. The average molecular weight is 396 g/mol. The molecule has 0 aliphatic carbocycles. The molecule has 0 radical (unpaired) electrons. The van der Waals surface area contributed by atoms with Crippen molar-refractivity contribution in [2.75, 3.05) is 11.8 Å². The highest BCUT2D eigenvalue weighted by Gasteiger charge is 2.21. The first kappa shape index (κ1) is 18.3. The van der Waals surface area contributed by atoms with Gasteiger partial charge in [0.05, 0.1) is 12.8 Å². The molecule has 2 aromatic carbocycles. The molecule has 136 valence electrons. The van der Waals surface area contributed by atoms with Crippen LogP contribution in [0.2, 0.25) is 0 Å². The number of anilines is 1. The van der Waals surface area contributed by atoms with Gasteiger partial charge in [0.1, 0.15) is 10.6 Å². The van der Waals surface area contributed by atoms with E-state index in [9.17, 15) is 17.2 Å². The number of hydrogen-bond acceptors (Lipinski definition) is 5. The number of methoxy groups -OCH3 is 1. The number of benzene rings is 2. The lowest BCUT2D eigenvalue weighted by molar-refractivity contribution is 0.402. The zero-order valence-electron chi connectivity index (χ0n) is 13.8. The fraction of sp³-hybridized carbons (Fsp3) is 0.118. The van der Waals surface area contributed by atoms with Gasteiger partial charge in [-0.1, -0.05) is 6.07 Å². The molecule has 0 saturated carbocycles. The van der Waals surface area contributed by atoms with Crippen LogP contribution >= 0.6 is 11.3 Å². The van der Waals surface area contributed by atoms with Crippen molar-refractivity contribution in [2.45, 2.75) is 11.8 Å². The molecule has 1 N–H and O–H groups in total. The van der Waals surface area contributed by atoms with E-state index in [-0.39, 0.29) is 15.8 Å². The van der Waals surface area contributed by atoms with E-state index in [1.807, 2.05) is 0 Å². The maximum absolute atomic E-state index is 13.4. The standard InChI is InChI=1S/C17H14F2N2O3S2/c1-10-3-6-15(24-2)16(7-10)26(22,23)21-17-20-14(9-25-17)11-4-5-12(18)13(19)8-11/h3-9H,1-2H3,(H,20,21). The summed E-state index contributed by atoms with van der Waals surface area (Å²) in [6.45, 7) is 1.77. The maximum Gasteiger partial charge on any atom is 0.267 e. The number of ether oxygens (including phenoxy) is 1. The molecule has 0 spiro atoms. The molecule has 0 aliphatic rings. The largest absolute Gasteiger partial charge is 0.495 e. The zero-order chi connectivity index (χ0) is 18.9. The third-order valence-corrected chi connectivity index (χ3v) is 5.80. The van der Waals surface area contributed by atoms with Gasteiger partial charge in [0.25, 0.3) is 10.0 Å². The Morgan fingerprint density at radius 3 is 2.58 bits per heavy atom. The van der Waals surface area contributed by atoms with Gasteiger partial charge in [-0.2, -0.15) is 0 Å². The number of thiazole rings is 1. The average Bonchev–Trinajstić information content (AvgIpc) is 3.05. The third kappa shape index (κ3) is 3.68. The predicted octanol–water partition coefficient (Wildman–Crippen LogP) is 4.21. The van der Waals surface area contributed by atoms with E-state index in [0.717, 1.165) is 29.0 Å². The summed E-state index contributed by atoms with van der Waals surface area (Å²) in [6.07, 6.45) is 0. The predicted molar refractivity (Wildman–Crippen MR) is 96.0 cm³/mol. The van der Waals surface area contributed by atoms with Crippen LogP contribution < -0.4 is 9.46 Å². The van der Waals surface area contributed by atoms with Gasteiger partial charge in [-0.3, -0.25) is 4.72 Å². The van der Waals surface area contributed by atoms with Crippen molar-refractivity contribution in [1.82, 2.24) is 4.98 Å². The van der Waals surface area contributed by atoms with Gasteiger partial charge in [-0.05, 0) is 42.8 Å². The van der Waals surface area contributed by atoms with Gasteiger partial charge in [-0.25, -0.2) is 22.2 Å². The highest BCUT2D eigenvalue weighted by Crippen LogP contribution is 2.30. The second-order valence-corrected chi connectivity index (χ2v) is 7.94. The molecule has 3 aromatic rings. The molecule has 0 saturated heterocycles. The SMILES string of the molecule is COc1ccc(C)cc1S(=O)(=O)Nc1nc(-c2ccc(F)c(F)c2)cs1. The van der Waals surface area contributed by atoms with E-state index in [2.05, 4.69) is 9.71 Å². The second-order valence-electron chi connectivity index (χ2n) is 5.43. The monoisotopic (exact) mass is 396 g/mol. The Bertz CT molecular complexity index is 1070. The molecule has 0 bridgehead atoms. The Morgan fingerprint density at radius 2 is 1.88 bits per heavy atom. The Morgan fingerprint density at radius 1 is 1.12 bits per heavy atom. The van der Waals surface area contributed by atoms with Gasteiger partial charge in [0.15, 0.2) is 16.8 Å². The number of halogens is 2. The first-order valence-electron chi connectivity index (χ1n) is 7.38. The van der Waals surface area contributed by atoms with Crippen LogP contribution in [0.15, 0.2) is 46.7 Å². The van der Waals surface area contributed by atoms with Crippen LogP contribution in [0.1, 0.15) is 5.56 Å². The molecule has 1 aromatic heterocycles. The number of hydrogen-bond donors (Lipinski definition) is 1. The third-order valence-electron chi connectivity index (χ3n) is 3.55. The summed E-state index contributed by atoms with van der Waals surface area (Å²) in [4.78, 5) is 4.13. The molecule has 1 heterocycles. The van der Waals surface area contributed by atoms with E-state index in [0.29, 0.717) is 11.3 Å². The molecule has 0 aliphatic heterocycles. The Kier molecular flexibility index (Phi) is 4.92. The molecule has 5 nitrogen and oxygen atoms in total. The molecule has 0 unspecified atom stereocenters. The van der Waals surface area contributed by atoms with Crippen molar-refractivity contribution in [2.24, 2.45) is 0 Å². The second kappa shape index (κ2) is 7.00. The Balaban J connectivity index is 1.91. The molecular formula is C17H14F2N2O3S2. The highest BCUT2D eigenvalue weighted by atomic mass is 32.2. The van der Waals surface area contributed by atoms with Crippen LogP contribution in [0.3, 0.4) is 0 Å². The number of nitrogens with one attached hydrogen (secondary N) is 1. The van der Waals surface area contributed by atoms with Crippen molar-refractivity contribution in [3.05, 3.63) is 59.0 Å². The van der Waals surface area contributed by atoms with Crippen molar-refractivity contribution in [3.63, 3.8) is 0 Å². The molecule has 9 heteroatoms. The summed E-state index contributed by atoms with van der Waals surface area (Å²) in [6, 6.07) is 8.17. The molecule has 0 amide bonds. The van der Waals surface area contributed by atoms with Crippen LogP contribution in [0, 0.1) is 18.6 Å².